The van der Waals surface area contributed by atoms with Crippen LogP contribution in [0.15, 0.2) is 77.6 Å². The van der Waals surface area contributed by atoms with Crippen molar-refractivity contribution < 1.29 is 9.53 Å². The van der Waals surface area contributed by atoms with Crippen molar-refractivity contribution in [3.05, 3.63) is 94.5 Å². The fourth-order valence-corrected chi connectivity index (χ4v) is 3.51. The number of aryl methyl sites for hydroxylation is 1. The molecule has 0 saturated heterocycles. The van der Waals surface area contributed by atoms with Crippen LogP contribution in [0, 0.1) is 6.92 Å². The molecule has 0 bridgehead atoms. The number of nitrogens with one attached hydrogen (secondary N) is 1. The van der Waals surface area contributed by atoms with Gasteiger partial charge in [0.15, 0.2) is 0 Å². The van der Waals surface area contributed by atoms with E-state index in [0.29, 0.717) is 40.3 Å². The number of anilines is 1. The van der Waals surface area contributed by atoms with E-state index < -0.39 is 0 Å². The maximum atomic E-state index is 13.1. The third-order valence-corrected chi connectivity index (χ3v) is 5.19. The van der Waals surface area contributed by atoms with Crippen molar-refractivity contribution in [1.82, 2.24) is 9.55 Å². The summed E-state index contributed by atoms with van der Waals surface area (Å²) in [6.45, 7) is 4.57. The van der Waals surface area contributed by atoms with Crippen LogP contribution >= 0.6 is 0 Å². The van der Waals surface area contributed by atoms with E-state index in [1.165, 1.54) is 0 Å². The molecular weight excluding hydrogens is 402 g/mol. The summed E-state index contributed by atoms with van der Waals surface area (Å²) in [6.07, 6.45) is 2.06. The van der Waals surface area contributed by atoms with Gasteiger partial charge in [0.1, 0.15) is 11.6 Å². The van der Waals surface area contributed by atoms with Crippen molar-refractivity contribution in [3.63, 3.8) is 0 Å². The third-order valence-electron chi connectivity index (χ3n) is 5.19. The van der Waals surface area contributed by atoms with Crippen LogP contribution < -0.4 is 15.6 Å². The lowest BCUT2D eigenvalue weighted by Gasteiger charge is -2.13. The Bertz CT molecular complexity index is 1310. The number of para-hydroxylation sites is 1. The van der Waals surface area contributed by atoms with Gasteiger partial charge in [-0.3, -0.25) is 14.2 Å². The predicted molar refractivity (Wildman–Crippen MR) is 127 cm³/mol. The molecular formula is C26H25N3O3. The zero-order chi connectivity index (χ0) is 22.5. The van der Waals surface area contributed by atoms with Crippen molar-refractivity contribution >= 4 is 22.5 Å². The maximum Gasteiger partial charge on any atom is 0.265 e. The van der Waals surface area contributed by atoms with Gasteiger partial charge in [-0.25, -0.2) is 4.98 Å². The molecule has 1 N–H and O–H groups in total. The van der Waals surface area contributed by atoms with E-state index in [0.717, 1.165) is 18.6 Å². The summed E-state index contributed by atoms with van der Waals surface area (Å²) in [5, 5.41) is 3.45. The maximum absolute atomic E-state index is 13.1. The first-order valence-corrected chi connectivity index (χ1v) is 10.7. The first-order chi connectivity index (χ1) is 15.6. The smallest absolute Gasteiger partial charge is 0.265 e. The monoisotopic (exact) mass is 427 g/mol. The average Bonchev–Trinajstić information content (AvgIpc) is 2.80. The number of amides is 1. The lowest BCUT2D eigenvalue weighted by atomic mass is 10.2. The molecule has 0 radical (unpaired) electrons. The van der Waals surface area contributed by atoms with E-state index in [1.54, 1.807) is 60.0 Å². The van der Waals surface area contributed by atoms with Gasteiger partial charge in [-0.15, -0.1) is 0 Å². The molecule has 1 aromatic heterocycles. The molecule has 3 aromatic carbocycles. The van der Waals surface area contributed by atoms with Crippen LogP contribution in [0.25, 0.3) is 16.6 Å². The Labute approximate surface area is 186 Å². The second-order valence-corrected chi connectivity index (χ2v) is 7.55. The number of hydrogen-bond acceptors (Lipinski definition) is 4. The summed E-state index contributed by atoms with van der Waals surface area (Å²) < 4.78 is 7.20. The minimum atomic E-state index is -0.233. The normalized spacial score (nSPS) is 10.8. The van der Waals surface area contributed by atoms with Gasteiger partial charge in [0, 0.05) is 11.3 Å². The molecule has 0 atom stereocenters. The number of hydrogen-bond donors (Lipinski definition) is 1. The van der Waals surface area contributed by atoms with E-state index in [9.17, 15) is 9.59 Å². The number of rotatable bonds is 7. The zero-order valence-electron chi connectivity index (χ0n) is 18.2. The molecule has 4 rings (SSSR count). The number of carbonyl (C=O) groups excluding carboxylic acids is 1. The third kappa shape index (κ3) is 4.54. The molecule has 4 aromatic rings. The van der Waals surface area contributed by atoms with Crippen LogP contribution in [0.2, 0.25) is 0 Å². The second kappa shape index (κ2) is 9.47. The topological polar surface area (TPSA) is 73.2 Å². The fourth-order valence-electron chi connectivity index (χ4n) is 3.51. The van der Waals surface area contributed by atoms with Crippen molar-refractivity contribution in [3.8, 4) is 11.4 Å². The van der Waals surface area contributed by atoms with Crippen LogP contribution in [0.4, 0.5) is 5.69 Å². The SMILES string of the molecule is CCCCOc1ccc(C(=O)Nc2cccc(-n3c(C)nc4ccccc4c3=O)c2)cc1. The minimum Gasteiger partial charge on any atom is -0.494 e. The molecule has 32 heavy (non-hydrogen) atoms. The Morgan fingerprint density at radius 3 is 2.59 bits per heavy atom. The molecule has 0 aliphatic rings. The van der Waals surface area contributed by atoms with Crippen molar-refractivity contribution in [1.29, 1.82) is 0 Å². The van der Waals surface area contributed by atoms with E-state index in [2.05, 4.69) is 17.2 Å². The van der Waals surface area contributed by atoms with Gasteiger partial charge >= 0.3 is 0 Å². The second-order valence-electron chi connectivity index (χ2n) is 7.55. The molecule has 162 valence electrons. The van der Waals surface area contributed by atoms with Crippen LogP contribution in [-0.4, -0.2) is 22.1 Å². The lowest BCUT2D eigenvalue weighted by molar-refractivity contribution is 0.102. The highest BCUT2D eigenvalue weighted by Gasteiger charge is 2.11. The largest absolute Gasteiger partial charge is 0.494 e. The standard InChI is InChI=1S/C26H25N3O3/c1-3-4-16-32-22-14-12-19(13-15-22)25(30)28-20-8-7-9-21(17-20)29-18(2)27-24-11-6-5-10-23(24)26(29)31/h5-15,17H,3-4,16H2,1-2H3,(H,28,30). The Morgan fingerprint density at radius 1 is 1.03 bits per heavy atom. The number of benzene rings is 3. The number of aromatic nitrogens is 2. The number of nitrogens with zero attached hydrogens (tertiary/aromatic N) is 2. The van der Waals surface area contributed by atoms with Gasteiger partial charge in [-0.05, 0) is 67.9 Å². The molecule has 6 heteroatoms. The van der Waals surface area contributed by atoms with E-state index >= 15 is 0 Å². The van der Waals surface area contributed by atoms with Gasteiger partial charge in [0.2, 0.25) is 0 Å². The highest BCUT2D eigenvalue weighted by atomic mass is 16.5. The van der Waals surface area contributed by atoms with Crippen LogP contribution in [0.5, 0.6) is 5.75 Å². The molecule has 0 unspecified atom stereocenters. The molecule has 0 aliphatic carbocycles. The first kappa shape index (κ1) is 21.3. The Morgan fingerprint density at radius 2 is 1.81 bits per heavy atom. The lowest BCUT2D eigenvalue weighted by Crippen LogP contribution is -2.22. The van der Waals surface area contributed by atoms with Gasteiger partial charge in [-0.2, -0.15) is 0 Å². The van der Waals surface area contributed by atoms with E-state index in [4.69, 9.17) is 4.74 Å². The zero-order valence-corrected chi connectivity index (χ0v) is 18.2. The van der Waals surface area contributed by atoms with Crippen molar-refractivity contribution in [2.75, 3.05) is 11.9 Å². The summed E-state index contributed by atoms with van der Waals surface area (Å²) in [5.74, 6) is 1.09. The number of carbonyl (C=O) groups is 1. The Kier molecular flexibility index (Phi) is 6.31. The predicted octanol–water partition coefficient (Wildman–Crippen LogP) is 5.13. The summed E-state index contributed by atoms with van der Waals surface area (Å²) in [6, 6.07) is 21.5. The highest BCUT2D eigenvalue weighted by molar-refractivity contribution is 6.04. The summed E-state index contributed by atoms with van der Waals surface area (Å²) >= 11 is 0. The molecule has 0 fully saturated rings. The molecule has 0 saturated carbocycles. The molecule has 1 heterocycles. The van der Waals surface area contributed by atoms with E-state index in [1.807, 2.05) is 24.3 Å². The molecule has 0 spiro atoms. The van der Waals surface area contributed by atoms with Gasteiger partial charge in [0.05, 0.1) is 23.2 Å². The Balaban J connectivity index is 1.56. The first-order valence-electron chi connectivity index (χ1n) is 10.7. The highest BCUT2D eigenvalue weighted by Crippen LogP contribution is 2.18. The van der Waals surface area contributed by atoms with Gasteiger partial charge < -0.3 is 10.1 Å². The quantitative estimate of drug-likeness (QED) is 0.415. The molecule has 6 nitrogen and oxygen atoms in total. The van der Waals surface area contributed by atoms with Gasteiger partial charge in [-0.1, -0.05) is 31.5 Å². The number of fused-ring (bicyclic) bond motifs is 1. The number of ether oxygens (including phenoxy) is 1. The van der Waals surface area contributed by atoms with Crippen molar-refractivity contribution in [2.45, 2.75) is 26.7 Å². The number of unbranched alkanes of at least 4 members (excludes halogenated alkanes) is 1. The fraction of sp³-hybridized carbons (Fsp3) is 0.192. The summed E-state index contributed by atoms with van der Waals surface area (Å²) in [4.78, 5) is 30.3. The van der Waals surface area contributed by atoms with E-state index in [-0.39, 0.29) is 11.5 Å². The Hall–Kier alpha value is -3.93. The molecule has 0 aliphatic heterocycles. The summed E-state index contributed by atoms with van der Waals surface area (Å²) in [5.41, 5.74) is 2.28. The van der Waals surface area contributed by atoms with Crippen LogP contribution in [0.1, 0.15) is 35.9 Å². The summed E-state index contributed by atoms with van der Waals surface area (Å²) in [7, 11) is 0. The van der Waals surface area contributed by atoms with Gasteiger partial charge in [0.25, 0.3) is 11.5 Å². The average molecular weight is 428 g/mol. The minimum absolute atomic E-state index is 0.143. The molecule has 1 amide bonds. The van der Waals surface area contributed by atoms with Crippen molar-refractivity contribution in [2.24, 2.45) is 0 Å². The van der Waals surface area contributed by atoms with Crippen LogP contribution in [0.3, 0.4) is 0 Å². The van der Waals surface area contributed by atoms with Crippen LogP contribution in [-0.2, 0) is 0 Å².